The maximum atomic E-state index is 11.4. The number of ether oxygens (including phenoxy) is 1. The van der Waals surface area contributed by atoms with Crippen LogP contribution in [0.5, 0.6) is 0 Å². The van der Waals surface area contributed by atoms with Crippen LogP contribution in [0.4, 0.5) is 5.82 Å². The summed E-state index contributed by atoms with van der Waals surface area (Å²) >= 11 is 0. The van der Waals surface area contributed by atoms with Crippen molar-refractivity contribution in [1.82, 2.24) is 15.0 Å². The number of aromatic nitrogens is 3. The van der Waals surface area contributed by atoms with Crippen LogP contribution in [0.15, 0.2) is 0 Å². The number of carbonyl (C=O) groups is 1. The highest BCUT2D eigenvalue weighted by atomic mass is 16.5. The lowest BCUT2D eigenvalue weighted by atomic mass is 10.4. The van der Waals surface area contributed by atoms with Gasteiger partial charge in [-0.25, -0.2) is 9.48 Å². The van der Waals surface area contributed by atoms with Crippen molar-refractivity contribution in [2.75, 3.05) is 25.1 Å². The Morgan fingerprint density at radius 1 is 1.57 bits per heavy atom. The maximum absolute atomic E-state index is 11.4. The van der Waals surface area contributed by atoms with Crippen LogP contribution in [-0.4, -0.2) is 41.2 Å². The van der Waals surface area contributed by atoms with Gasteiger partial charge in [0.15, 0.2) is 5.82 Å². The Hall–Kier alpha value is -1.59. The van der Waals surface area contributed by atoms with Crippen LogP contribution in [0, 0.1) is 0 Å². The fourth-order valence-electron chi connectivity index (χ4n) is 1.52. The molecule has 2 rings (SSSR count). The summed E-state index contributed by atoms with van der Waals surface area (Å²) in [4.78, 5) is 13.4. The van der Waals surface area contributed by atoms with Gasteiger partial charge in [0.2, 0.25) is 5.69 Å². The van der Waals surface area contributed by atoms with Gasteiger partial charge in [-0.1, -0.05) is 5.21 Å². The summed E-state index contributed by atoms with van der Waals surface area (Å²) in [6, 6.07) is 0. The van der Waals surface area contributed by atoms with Crippen molar-refractivity contribution in [3.05, 3.63) is 5.69 Å². The first-order valence-electron chi connectivity index (χ1n) is 4.55. The summed E-state index contributed by atoms with van der Waals surface area (Å²) in [7, 11) is 1.91. The van der Waals surface area contributed by atoms with Crippen LogP contribution < -0.4 is 4.90 Å². The normalized spacial score (nSPS) is 14.3. The van der Waals surface area contributed by atoms with Crippen molar-refractivity contribution in [3.63, 3.8) is 0 Å². The Labute approximate surface area is 81.4 Å². The summed E-state index contributed by atoms with van der Waals surface area (Å²) in [5.41, 5.74) is 0.312. The van der Waals surface area contributed by atoms with Gasteiger partial charge in [-0.2, -0.15) is 0 Å². The first-order valence-corrected chi connectivity index (χ1v) is 4.55. The van der Waals surface area contributed by atoms with Gasteiger partial charge in [-0.15, -0.1) is 5.10 Å². The number of fused-ring (bicyclic) bond motifs is 1. The molecule has 1 aliphatic rings. The molecule has 1 aliphatic heterocycles. The molecule has 0 aliphatic carbocycles. The monoisotopic (exact) mass is 196 g/mol. The van der Waals surface area contributed by atoms with Crippen molar-refractivity contribution in [1.29, 1.82) is 0 Å². The fraction of sp³-hybridized carbons (Fsp3) is 0.625. The lowest BCUT2D eigenvalue weighted by molar-refractivity contribution is 0.0520. The first-order chi connectivity index (χ1) is 6.74. The second kappa shape index (κ2) is 3.28. The van der Waals surface area contributed by atoms with Crippen LogP contribution in [0.25, 0.3) is 0 Å². The van der Waals surface area contributed by atoms with E-state index >= 15 is 0 Å². The van der Waals surface area contributed by atoms with Gasteiger partial charge in [-0.3, -0.25) is 0 Å². The van der Waals surface area contributed by atoms with Crippen LogP contribution in [-0.2, 0) is 11.3 Å². The van der Waals surface area contributed by atoms with Crippen molar-refractivity contribution < 1.29 is 9.53 Å². The molecular formula is C8H12N4O2. The standard InChI is InChI=1S/C8H12N4O2/c1-3-14-8(13)6-7-11(2)4-5-12(7)10-9-6/h3-5H2,1-2H3. The Morgan fingerprint density at radius 2 is 2.36 bits per heavy atom. The Morgan fingerprint density at radius 3 is 3.07 bits per heavy atom. The Bertz CT molecular complexity index is 360. The minimum atomic E-state index is -0.400. The molecule has 0 amide bonds. The third-order valence-electron chi connectivity index (χ3n) is 2.19. The van der Waals surface area contributed by atoms with E-state index in [1.807, 2.05) is 11.9 Å². The fourth-order valence-corrected chi connectivity index (χ4v) is 1.52. The van der Waals surface area contributed by atoms with Gasteiger partial charge in [0, 0.05) is 13.6 Å². The van der Waals surface area contributed by atoms with Crippen molar-refractivity contribution in [3.8, 4) is 0 Å². The number of hydrogen-bond acceptors (Lipinski definition) is 5. The molecule has 6 nitrogen and oxygen atoms in total. The van der Waals surface area contributed by atoms with E-state index in [2.05, 4.69) is 10.3 Å². The first kappa shape index (κ1) is 8.98. The number of rotatable bonds is 2. The van der Waals surface area contributed by atoms with Crippen molar-refractivity contribution in [2.24, 2.45) is 0 Å². The van der Waals surface area contributed by atoms with E-state index in [0.29, 0.717) is 12.3 Å². The number of hydrogen-bond donors (Lipinski definition) is 0. The highest BCUT2D eigenvalue weighted by Crippen LogP contribution is 2.22. The third kappa shape index (κ3) is 1.23. The molecule has 0 N–H and O–H groups in total. The predicted octanol–water partition coefficient (Wildman–Crippen LogP) is -0.0954. The highest BCUT2D eigenvalue weighted by molar-refractivity contribution is 5.92. The highest BCUT2D eigenvalue weighted by Gasteiger charge is 2.27. The van der Waals surface area contributed by atoms with Crippen LogP contribution in [0.3, 0.4) is 0 Å². The smallest absolute Gasteiger partial charge is 0.362 e. The van der Waals surface area contributed by atoms with Crippen LogP contribution >= 0.6 is 0 Å². The predicted molar refractivity (Wildman–Crippen MR) is 49.2 cm³/mol. The summed E-state index contributed by atoms with van der Waals surface area (Å²) in [5, 5.41) is 7.68. The van der Waals surface area contributed by atoms with Crippen LogP contribution in [0.2, 0.25) is 0 Å². The molecule has 2 heterocycles. The molecule has 0 spiro atoms. The van der Waals surface area contributed by atoms with Gasteiger partial charge in [0.05, 0.1) is 13.2 Å². The molecular weight excluding hydrogens is 184 g/mol. The number of likely N-dealkylation sites (N-methyl/N-ethyl adjacent to an activating group) is 1. The van der Waals surface area contributed by atoms with E-state index in [9.17, 15) is 4.79 Å². The second-order valence-corrected chi connectivity index (χ2v) is 3.13. The minimum Gasteiger partial charge on any atom is -0.461 e. The van der Waals surface area contributed by atoms with E-state index in [0.717, 1.165) is 18.9 Å². The van der Waals surface area contributed by atoms with Gasteiger partial charge in [0.25, 0.3) is 0 Å². The maximum Gasteiger partial charge on any atom is 0.362 e. The molecule has 0 aromatic carbocycles. The summed E-state index contributed by atoms with van der Waals surface area (Å²) < 4.78 is 6.59. The molecule has 1 aromatic rings. The topological polar surface area (TPSA) is 60.2 Å². The zero-order valence-electron chi connectivity index (χ0n) is 8.23. The van der Waals surface area contributed by atoms with E-state index in [-0.39, 0.29) is 0 Å². The van der Waals surface area contributed by atoms with Gasteiger partial charge in [0.1, 0.15) is 0 Å². The van der Waals surface area contributed by atoms with Gasteiger partial charge in [-0.05, 0) is 6.92 Å². The lowest BCUT2D eigenvalue weighted by Gasteiger charge is -2.09. The van der Waals surface area contributed by atoms with Crippen LogP contribution in [0.1, 0.15) is 17.4 Å². The minimum absolute atomic E-state index is 0.312. The van der Waals surface area contributed by atoms with E-state index in [4.69, 9.17) is 4.74 Å². The molecule has 0 bridgehead atoms. The number of esters is 1. The lowest BCUT2D eigenvalue weighted by Crippen LogP contribution is -2.17. The zero-order valence-corrected chi connectivity index (χ0v) is 8.23. The van der Waals surface area contributed by atoms with Crippen molar-refractivity contribution >= 4 is 11.8 Å². The molecule has 0 radical (unpaired) electrons. The summed E-state index contributed by atoms with van der Waals surface area (Å²) in [6.45, 7) is 3.76. The number of anilines is 1. The third-order valence-corrected chi connectivity index (χ3v) is 2.19. The molecule has 0 saturated heterocycles. The molecule has 0 atom stereocenters. The molecule has 0 saturated carbocycles. The largest absolute Gasteiger partial charge is 0.461 e. The Balaban J connectivity index is 2.31. The zero-order chi connectivity index (χ0) is 10.1. The molecule has 14 heavy (non-hydrogen) atoms. The van der Waals surface area contributed by atoms with E-state index < -0.39 is 5.97 Å². The molecule has 0 fully saturated rings. The molecule has 6 heteroatoms. The quantitative estimate of drug-likeness (QED) is 0.618. The number of nitrogens with zero attached hydrogens (tertiary/aromatic N) is 4. The van der Waals surface area contributed by atoms with Gasteiger partial charge < -0.3 is 9.64 Å². The summed E-state index contributed by atoms with van der Waals surface area (Å²) in [6.07, 6.45) is 0. The molecule has 76 valence electrons. The van der Waals surface area contributed by atoms with E-state index in [1.54, 1.807) is 11.6 Å². The Kier molecular flexibility index (Phi) is 2.11. The van der Waals surface area contributed by atoms with Gasteiger partial charge >= 0.3 is 5.97 Å². The molecule has 0 unspecified atom stereocenters. The van der Waals surface area contributed by atoms with E-state index in [1.165, 1.54) is 0 Å². The average molecular weight is 196 g/mol. The molecule has 1 aromatic heterocycles. The SMILES string of the molecule is CCOC(=O)c1nnn2c1N(C)CC2. The average Bonchev–Trinajstić information content (AvgIpc) is 2.70. The number of carbonyl (C=O) groups excluding carboxylic acids is 1. The summed E-state index contributed by atoms with van der Waals surface area (Å²) in [5.74, 6) is 0.353. The van der Waals surface area contributed by atoms with Crippen molar-refractivity contribution in [2.45, 2.75) is 13.5 Å². The second-order valence-electron chi connectivity index (χ2n) is 3.13.